The highest BCUT2D eigenvalue weighted by molar-refractivity contribution is 7.13. The predicted octanol–water partition coefficient (Wildman–Crippen LogP) is 5.05. The second-order valence-electron chi connectivity index (χ2n) is 6.28. The Bertz CT molecular complexity index is 1090. The van der Waals surface area contributed by atoms with Crippen LogP contribution in [0.25, 0.3) is 22.2 Å². The van der Waals surface area contributed by atoms with Gasteiger partial charge >= 0.3 is 0 Å². The molecule has 0 saturated carbocycles. The van der Waals surface area contributed by atoms with Crippen molar-refractivity contribution in [2.45, 2.75) is 13.3 Å². The number of amides is 1. The van der Waals surface area contributed by atoms with Crippen molar-refractivity contribution in [2.24, 2.45) is 0 Å². The van der Waals surface area contributed by atoms with Gasteiger partial charge in [0.25, 0.3) is 11.8 Å². The molecular weight excluding hydrogens is 386 g/mol. The lowest BCUT2D eigenvalue weighted by molar-refractivity contribution is -0.118. The maximum absolute atomic E-state index is 12.4. The van der Waals surface area contributed by atoms with E-state index in [4.69, 9.17) is 9.26 Å². The molecule has 2 aromatic carbocycles. The fourth-order valence-electron chi connectivity index (χ4n) is 2.77. The van der Waals surface area contributed by atoms with Crippen LogP contribution >= 0.6 is 11.3 Å². The molecule has 0 atom stereocenters. The third-order valence-electron chi connectivity index (χ3n) is 4.30. The van der Waals surface area contributed by atoms with E-state index in [0.717, 1.165) is 11.3 Å². The van der Waals surface area contributed by atoms with Crippen molar-refractivity contribution in [3.05, 3.63) is 71.6 Å². The first-order chi connectivity index (χ1) is 14.2. The molecule has 0 unspecified atom stereocenters. The third kappa shape index (κ3) is 4.52. The molecule has 0 aliphatic carbocycles. The highest BCUT2D eigenvalue weighted by atomic mass is 32.1. The number of hydrogen-bond donors (Lipinski definition) is 1. The largest absolute Gasteiger partial charge is 0.484 e. The van der Waals surface area contributed by atoms with Crippen LogP contribution in [0.15, 0.2) is 70.6 Å². The predicted molar refractivity (Wildman–Crippen MR) is 113 cm³/mol. The van der Waals surface area contributed by atoms with E-state index in [0.29, 0.717) is 28.7 Å². The van der Waals surface area contributed by atoms with Gasteiger partial charge < -0.3 is 14.6 Å². The van der Waals surface area contributed by atoms with Crippen molar-refractivity contribution < 1.29 is 14.1 Å². The molecule has 0 fully saturated rings. The summed E-state index contributed by atoms with van der Waals surface area (Å²) in [5.41, 5.74) is 2.46. The van der Waals surface area contributed by atoms with Gasteiger partial charge in [-0.05, 0) is 47.7 Å². The van der Waals surface area contributed by atoms with E-state index in [1.165, 1.54) is 16.9 Å². The number of hydrogen-bond acceptors (Lipinski definition) is 6. The Morgan fingerprint density at radius 3 is 2.69 bits per heavy atom. The first-order valence-corrected chi connectivity index (χ1v) is 10.1. The van der Waals surface area contributed by atoms with Crippen molar-refractivity contribution in [1.29, 1.82) is 0 Å². The van der Waals surface area contributed by atoms with Crippen LogP contribution in [0.4, 0.5) is 5.69 Å². The molecule has 2 heterocycles. The zero-order chi connectivity index (χ0) is 20.1. The molecule has 2 aromatic heterocycles. The lowest BCUT2D eigenvalue weighted by Crippen LogP contribution is -2.20. The number of aromatic nitrogens is 2. The number of anilines is 1. The van der Waals surface area contributed by atoms with Crippen LogP contribution in [0.2, 0.25) is 0 Å². The van der Waals surface area contributed by atoms with Crippen LogP contribution in [-0.2, 0) is 11.2 Å². The Hall–Kier alpha value is -3.45. The van der Waals surface area contributed by atoms with E-state index in [1.807, 2.05) is 60.0 Å². The summed E-state index contributed by atoms with van der Waals surface area (Å²) in [6.07, 6.45) is 0.960. The van der Waals surface area contributed by atoms with Crippen LogP contribution in [0.1, 0.15) is 12.5 Å². The zero-order valence-corrected chi connectivity index (χ0v) is 16.6. The zero-order valence-electron chi connectivity index (χ0n) is 15.8. The summed E-state index contributed by atoms with van der Waals surface area (Å²) < 4.78 is 11.0. The fourth-order valence-corrected chi connectivity index (χ4v) is 3.42. The Labute approximate surface area is 172 Å². The molecule has 0 bridgehead atoms. The van der Waals surface area contributed by atoms with Crippen LogP contribution in [-0.4, -0.2) is 22.7 Å². The minimum atomic E-state index is -0.269. The number of nitrogens with zero attached hydrogens (tertiary/aromatic N) is 2. The molecule has 0 aliphatic heterocycles. The second-order valence-corrected chi connectivity index (χ2v) is 7.23. The van der Waals surface area contributed by atoms with Gasteiger partial charge in [0.05, 0.1) is 16.1 Å². The van der Waals surface area contributed by atoms with Gasteiger partial charge in [-0.1, -0.05) is 42.4 Å². The second kappa shape index (κ2) is 8.70. The van der Waals surface area contributed by atoms with Gasteiger partial charge in [-0.3, -0.25) is 4.79 Å². The summed E-state index contributed by atoms with van der Waals surface area (Å²) >= 11 is 1.53. The summed E-state index contributed by atoms with van der Waals surface area (Å²) in [5, 5.41) is 8.84. The van der Waals surface area contributed by atoms with Crippen molar-refractivity contribution in [3.8, 4) is 27.9 Å². The Morgan fingerprint density at radius 2 is 1.93 bits per heavy atom. The first-order valence-electron chi connectivity index (χ1n) is 9.21. The lowest BCUT2D eigenvalue weighted by Gasteiger charge is -2.10. The smallest absolute Gasteiger partial charge is 0.262 e. The summed E-state index contributed by atoms with van der Waals surface area (Å²) in [5.74, 6) is 1.26. The minimum absolute atomic E-state index is 0.0932. The van der Waals surface area contributed by atoms with Crippen molar-refractivity contribution in [2.75, 3.05) is 11.9 Å². The SMILES string of the molecule is CCc1ccc(OCC(=O)Nc2ccccc2-c2nc(-c3cccs3)no2)cc1. The molecular formula is C22H19N3O3S. The monoisotopic (exact) mass is 405 g/mol. The molecule has 7 heteroatoms. The minimum Gasteiger partial charge on any atom is -0.484 e. The molecule has 0 radical (unpaired) electrons. The summed E-state index contributed by atoms with van der Waals surface area (Å²) in [6.45, 7) is 2.00. The molecule has 29 heavy (non-hydrogen) atoms. The Morgan fingerprint density at radius 1 is 1.10 bits per heavy atom. The average molecular weight is 405 g/mol. The molecule has 6 nitrogen and oxygen atoms in total. The number of carbonyl (C=O) groups is 1. The number of carbonyl (C=O) groups excluding carboxylic acids is 1. The van der Waals surface area contributed by atoms with Crippen LogP contribution in [0.3, 0.4) is 0 Å². The van der Waals surface area contributed by atoms with Gasteiger partial charge in [-0.2, -0.15) is 4.98 Å². The van der Waals surface area contributed by atoms with Gasteiger partial charge in [0, 0.05) is 0 Å². The van der Waals surface area contributed by atoms with Crippen LogP contribution in [0, 0.1) is 0 Å². The normalized spacial score (nSPS) is 10.7. The maximum atomic E-state index is 12.4. The number of benzene rings is 2. The van der Waals surface area contributed by atoms with Gasteiger partial charge in [0.1, 0.15) is 5.75 Å². The molecule has 1 N–H and O–H groups in total. The third-order valence-corrected chi connectivity index (χ3v) is 5.17. The topological polar surface area (TPSA) is 77.2 Å². The van der Waals surface area contributed by atoms with E-state index in [9.17, 15) is 4.79 Å². The van der Waals surface area contributed by atoms with E-state index in [-0.39, 0.29) is 12.5 Å². The van der Waals surface area contributed by atoms with Crippen molar-refractivity contribution >= 4 is 22.9 Å². The maximum Gasteiger partial charge on any atom is 0.262 e. The average Bonchev–Trinajstić information content (AvgIpc) is 3.45. The van der Waals surface area contributed by atoms with E-state index in [2.05, 4.69) is 22.4 Å². The molecule has 4 aromatic rings. The number of thiophene rings is 1. The molecule has 0 saturated heterocycles. The molecule has 0 spiro atoms. The number of aryl methyl sites for hydroxylation is 1. The molecule has 4 rings (SSSR count). The van der Waals surface area contributed by atoms with Gasteiger partial charge in [0.2, 0.25) is 5.82 Å². The number of rotatable bonds is 7. The number of ether oxygens (including phenoxy) is 1. The van der Waals surface area contributed by atoms with Crippen molar-refractivity contribution in [1.82, 2.24) is 10.1 Å². The van der Waals surface area contributed by atoms with Gasteiger partial charge in [0.15, 0.2) is 6.61 Å². The molecule has 0 aliphatic rings. The molecule has 146 valence electrons. The highest BCUT2D eigenvalue weighted by Gasteiger charge is 2.16. The van der Waals surface area contributed by atoms with E-state index < -0.39 is 0 Å². The fraction of sp³-hybridized carbons (Fsp3) is 0.136. The number of nitrogens with one attached hydrogen (secondary N) is 1. The number of para-hydroxylation sites is 1. The summed E-state index contributed by atoms with van der Waals surface area (Å²) in [6, 6.07) is 18.9. The van der Waals surface area contributed by atoms with E-state index in [1.54, 1.807) is 6.07 Å². The van der Waals surface area contributed by atoms with E-state index >= 15 is 0 Å². The van der Waals surface area contributed by atoms with Gasteiger partial charge in [-0.15, -0.1) is 11.3 Å². The van der Waals surface area contributed by atoms with Gasteiger partial charge in [-0.25, -0.2) is 0 Å². The Kier molecular flexibility index (Phi) is 5.67. The summed E-state index contributed by atoms with van der Waals surface area (Å²) in [7, 11) is 0. The summed E-state index contributed by atoms with van der Waals surface area (Å²) in [4.78, 5) is 17.8. The highest BCUT2D eigenvalue weighted by Crippen LogP contribution is 2.29. The molecule has 1 amide bonds. The standard InChI is InChI=1S/C22H19N3O3S/c1-2-15-9-11-16(12-10-15)27-14-20(26)23-18-7-4-3-6-17(18)22-24-21(25-28-22)19-8-5-13-29-19/h3-13H,2,14H2,1H3,(H,23,26). The van der Waals surface area contributed by atoms with Crippen LogP contribution in [0.5, 0.6) is 5.75 Å². The van der Waals surface area contributed by atoms with Crippen molar-refractivity contribution in [3.63, 3.8) is 0 Å². The van der Waals surface area contributed by atoms with Crippen LogP contribution < -0.4 is 10.1 Å². The quantitative estimate of drug-likeness (QED) is 0.466. The first kappa shape index (κ1) is 18.9. The lowest BCUT2D eigenvalue weighted by atomic mass is 10.1. The Balaban J connectivity index is 1.44.